The van der Waals surface area contributed by atoms with E-state index in [-0.39, 0.29) is 10.8 Å². The predicted molar refractivity (Wildman–Crippen MR) is 124 cm³/mol. The van der Waals surface area contributed by atoms with E-state index >= 15 is 0 Å². The summed E-state index contributed by atoms with van der Waals surface area (Å²) in [5.74, 6) is 5.96. The highest BCUT2D eigenvalue weighted by Gasteiger charge is 2.54. The van der Waals surface area contributed by atoms with Crippen LogP contribution in [-0.4, -0.2) is 47.8 Å². The number of carbonyl (C=O) groups is 2. The first kappa shape index (κ1) is 20.3. The SMILES string of the molecule is O=C(N1CCN(C(=O)C23CCC4CC(CC(C4)C2)C3)CC1)C12CCC3CC(CC(C3)C1)C2. The fraction of sp³-hybridized carbons (Fsp3) is 0.929. The van der Waals surface area contributed by atoms with Gasteiger partial charge in [0.05, 0.1) is 0 Å². The molecule has 4 atom stereocenters. The number of amides is 2. The minimum atomic E-state index is -0.0530. The molecule has 4 heteroatoms. The molecule has 0 radical (unpaired) electrons. The van der Waals surface area contributed by atoms with Gasteiger partial charge in [0, 0.05) is 37.0 Å². The van der Waals surface area contributed by atoms with Crippen molar-refractivity contribution in [3.8, 4) is 0 Å². The number of rotatable bonds is 2. The van der Waals surface area contributed by atoms with E-state index in [2.05, 4.69) is 9.80 Å². The number of piperazine rings is 1. The van der Waals surface area contributed by atoms with Crippen LogP contribution >= 0.6 is 0 Å². The van der Waals surface area contributed by atoms with Gasteiger partial charge >= 0.3 is 0 Å². The van der Waals surface area contributed by atoms with E-state index in [1.54, 1.807) is 0 Å². The van der Waals surface area contributed by atoms with E-state index in [9.17, 15) is 9.59 Å². The first-order valence-corrected chi connectivity index (χ1v) is 14.1. The van der Waals surface area contributed by atoms with E-state index in [4.69, 9.17) is 0 Å². The normalized spacial score (nSPS) is 49.2. The Morgan fingerprint density at radius 1 is 0.500 bits per heavy atom. The van der Waals surface area contributed by atoms with Gasteiger partial charge in [-0.3, -0.25) is 9.59 Å². The maximum absolute atomic E-state index is 13.9. The molecular weight excluding hydrogens is 396 g/mol. The van der Waals surface area contributed by atoms with Gasteiger partial charge in [-0.25, -0.2) is 0 Å². The zero-order valence-corrected chi connectivity index (χ0v) is 19.9. The highest BCUT2D eigenvalue weighted by atomic mass is 16.2. The standard InChI is InChI=1S/C28H42N2O2/c31-25(27-3-1-19-9-21(15-27)13-22(10-19)16-27)29-5-7-30(8-6-29)26(32)28-4-2-20-11-23(17-28)14-24(12-20)18-28/h19-24H,1-18H2. The molecule has 0 aromatic carbocycles. The van der Waals surface area contributed by atoms with Crippen molar-refractivity contribution < 1.29 is 9.59 Å². The Balaban J connectivity index is 1.04. The van der Waals surface area contributed by atoms with E-state index < -0.39 is 0 Å². The first-order chi connectivity index (χ1) is 15.5. The summed E-state index contributed by atoms with van der Waals surface area (Å²) in [4.78, 5) is 32.1. The summed E-state index contributed by atoms with van der Waals surface area (Å²) in [6.07, 6.45) is 17.8. The summed E-state index contributed by atoms with van der Waals surface area (Å²) < 4.78 is 0. The van der Waals surface area contributed by atoms with Gasteiger partial charge in [0.1, 0.15) is 0 Å². The number of hydrogen-bond donors (Lipinski definition) is 0. The lowest BCUT2D eigenvalue weighted by Crippen LogP contribution is -2.58. The van der Waals surface area contributed by atoms with Crippen LogP contribution in [0.5, 0.6) is 0 Å². The lowest BCUT2D eigenvalue weighted by molar-refractivity contribution is -0.156. The summed E-state index contributed by atoms with van der Waals surface area (Å²) in [7, 11) is 0. The molecule has 1 saturated heterocycles. The molecule has 0 spiro atoms. The Morgan fingerprint density at radius 2 is 0.812 bits per heavy atom. The van der Waals surface area contributed by atoms with Crippen molar-refractivity contribution in [1.82, 2.24) is 9.80 Å². The second-order valence-electron chi connectivity index (χ2n) is 13.6. The molecule has 0 N–H and O–H groups in total. The Morgan fingerprint density at radius 3 is 1.16 bits per heavy atom. The Kier molecular flexibility index (Phi) is 4.58. The number of hydrogen-bond acceptors (Lipinski definition) is 2. The fourth-order valence-electron chi connectivity index (χ4n) is 10.6. The lowest BCUT2D eigenvalue weighted by atomic mass is 9.61. The highest BCUT2D eigenvalue weighted by molar-refractivity contribution is 5.85. The van der Waals surface area contributed by atoms with Crippen LogP contribution in [0.15, 0.2) is 0 Å². The van der Waals surface area contributed by atoms with Gasteiger partial charge in [-0.1, -0.05) is 0 Å². The molecule has 9 fully saturated rings. The molecule has 9 rings (SSSR count). The summed E-state index contributed by atoms with van der Waals surface area (Å²) in [5, 5.41) is 0. The monoisotopic (exact) mass is 438 g/mol. The van der Waals surface area contributed by atoms with Crippen LogP contribution in [0.1, 0.15) is 89.9 Å². The average Bonchev–Trinajstić information content (AvgIpc) is 3.13. The molecule has 176 valence electrons. The Hall–Kier alpha value is -1.06. The molecule has 0 aromatic rings. The van der Waals surface area contributed by atoms with Crippen LogP contribution in [0.4, 0.5) is 0 Å². The molecule has 2 amide bonds. The Bertz CT molecular complexity index is 705. The minimum absolute atomic E-state index is 0.0530. The van der Waals surface area contributed by atoms with Crippen molar-refractivity contribution in [2.45, 2.75) is 89.9 Å². The van der Waals surface area contributed by atoms with E-state index in [0.29, 0.717) is 11.8 Å². The van der Waals surface area contributed by atoms with Gasteiger partial charge in [-0.15, -0.1) is 0 Å². The largest absolute Gasteiger partial charge is 0.339 e. The molecular formula is C28H42N2O2. The molecule has 8 aliphatic carbocycles. The molecule has 8 bridgehead atoms. The molecule has 32 heavy (non-hydrogen) atoms. The third kappa shape index (κ3) is 3.13. The quantitative estimate of drug-likeness (QED) is 0.617. The summed E-state index contributed by atoms with van der Waals surface area (Å²) >= 11 is 0. The van der Waals surface area contributed by atoms with Gasteiger partial charge in [0.2, 0.25) is 11.8 Å². The van der Waals surface area contributed by atoms with Crippen LogP contribution in [0, 0.1) is 46.3 Å². The van der Waals surface area contributed by atoms with Crippen molar-refractivity contribution in [1.29, 1.82) is 0 Å². The third-order valence-electron chi connectivity index (χ3n) is 11.5. The highest BCUT2D eigenvalue weighted by Crippen LogP contribution is 2.59. The maximum atomic E-state index is 13.9. The fourth-order valence-corrected chi connectivity index (χ4v) is 10.6. The van der Waals surface area contributed by atoms with Crippen molar-refractivity contribution in [3.05, 3.63) is 0 Å². The molecule has 0 aromatic heterocycles. The average molecular weight is 439 g/mol. The molecule has 1 heterocycles. The maximum Gasteiger partial charge on any atom is 0.228 e. The molecule has 8 saturated carbocycles. The third-order valence-corrected chi connectivity index (χ3v) is 11.5. The zero-order valence-electron chi connectivity index (χ0n) is 19.9. The second kappa shape index (κ2) is 7.22. The summed E-state index contributed by atoms with van der Waals surface area (Å²) in [5.41, 5.74) is -0.106. The van der Waals surface area contributed by atoms with Crippen LogP contribution < -0.4 is 0 Å². The first-order valence-electron chi connectivity index (χ1n) is 14.1. The van der Waals surface area contributed by atoms with Gasteiger partial charge in [-0.2, -0.15) is 0 Å². The van der Waals surface area contributed by atoms with Crippen molar-refractivity contribution in [2.24, 2.45) is 46.3 Å². The van der Waals surface area contributed by atoms with Crippen LogP contribution in [-0.2, 0) is 9.59 Å². The molecule has 9 aliphatic rings. The molecule has 1 aliphatic heterocycles. The van der Waals surface area contributed by atoms with Crippen molar-refractivity contribution in [3.63, 3.8) is 0 Å². The van der Waals surface area contributed by atoms with Gasteiger partial charge in [0.15, 0.2) is 0 Å². The predicted octanol–water partition coefficient (Wildman–Crippen LogP) is 4.87. The lowest BCUT2D eigenvalue weighted by Gasteiger charge is -2.49. The summed E-state index contributed by atoms with van der Waals surface area (Å²) in [6, 6.07) is 0. The van der Waals surface area contributed by atoms with Crippen molar-refractivity contribution >= 4 is 11.8 Å². The number of carbonyl (C=O) groups excluding carboxylic acids is 2. The molecule has 4 nitrogen and oxygen atoms in total. The van der Waals surface area contributed by atoms with Crippen molar-refractivity contribution in [2.75, 3.05) is 26.2 Å². The van der Waals surface area contributed by atoms with E-state index in [0.717, 1.165) is 100 Å². The van der Waals surface area contributed by atoms with Gasteiger partial charge in [0.25, 0.3) is 0 Å². The number of nitrogens with zero attached hydrogens (tertiary/aromatic N) is 2. The zero-order chi connectivity index (χ0) is 21.5. The summed E-state index contributed by atoms with van der Waals surface area (Å²) in [6.45, 7) is 3.10. The van der Waals surface area contributed by atoms with E-state index in [1.807, 2.05) is 0 Å². The smallest absolute Gasteiger partial charge is 0.228 e. The van der Waals surface area contributed by atoms with Crippen LogP contribution in [0.3, 0.4) is 0 Å². The van der Waals surface area contributed by atoms with E-state index in [1.165, 1.54) is 51.4 Å². The van der Waals surface area contributed by atoms with Gasteiger partial charge in [-0.05, 0) is 125 Å². The minimum Gasteiger partial charge on any atom is -0.339 e. The number of fused-ring (bicyclic) bond motifs is 2. The second-order valence-corrected chi connectivity index (χ2v) is 13.6. The molecule has 4 unspecified atom stereocenters. The Labute approximate surface area is 193 Å². The van der Waals surface area contributed by atoms with Crippen LogP contribution in [0.25, 0.3) is 0 Å². The van der Waals surface area contributed by atoms with Gasteiger partial charge < -0.3 is 9.80 Å². The topological polar surface area (TPSA) is 40.6 Å². The van der Waals surface area contributed by atoms with Crippen LogP contribution in [0.2, 0.25) is 0 Å².